The van der Waals surface area contributed by atoms with E-state index in [1.807, 2.05) is 6.08 Å². The quantitative estimate of drug-likeness (QED) is 0.592. The summed E-state index contributed by atoms with van der Waals surface area (Å²) < 4.78 is 0. The lowest BCUT2D eigenvalue weighted by atomic mass is 10.1. The highest BCUT2D eigenvalue weighted by Gasteiger charge is 2.06. The Bertz CT molecular complexity index is 221. The first-order chi connectivity index (χ1) is 5.24. The van der Waals surface area contributed by atoms with Crippen LogP contribution in [0.4, 0.5) is 0 Å². The summed E-state index contributed by atoms with van der Waals surface area (Å²) in [5, 5.41) is 3.30. The lowest BCUT2D eigenvalue weighted by Crippen LogP contribution is -2.08. The predicted molar refractivity (Wildman–Crippen MR) is 49.5 cm³/mol. The molecule has 0 atom stereocenters. The third-order valence-corrected chi connectivity index (χ3v) is 1.98. The summed E-state index contributed by atoms with van der Waals surface area (Å²) in [6, 6.07) is 0. The average molecular weight is 149 g/mol. The predicted octanol–water partition coefficient (Wildman–Crippen LogP) is 2.04. The summed E-state index contributed by atoms with van der Waals surface area (Å²) in [4.78, 5) is 0. The molecule has 0 aromatic carbocycles. The van der Waals surface area contributed by atoms with Crippen molar-refractivity contribution in [2.45, 2.75) is 13.8 Å². The number of hydrogen-bond donors (Lipinski definition) is 1. The Kier molecular flexibility index (Phi) is 2.66. The first-order valence-corrected chi connectivity index (χ1v) is 3.94. The van der Waals surface area contributed by atoms with Crippen molar-refractivity contribution in [2.75, 3.05) is 13.1 Å². The Morgan fingerprint density at radius 1 is 1.55 bits per heavy atom. The fourth-order valence-corrected chi connectivity index (χ4v) is 1.16. The Labute approximate surface area is 68.5 Å². The molecule has 11 heavy (non-hydrogen) atoms. The van der Waals surface area contributed by atoms with E-state index in [1.54, 1.807) is 0 Å². The Balaban J connectivity index is 2.75. The molecule has 1 aliphatic rings. The standard InChI is InChI=1S/C10H15N/c1-4-8(2)5-10-7-11-6-9(10)3/h4-5,11H,1,6-7H2,2-3H3/b8-5-. The Hall–Kier alpha value is -0.820. The van der Waals surface area contributed by atoms with Gasteiger partial charge in [-0.25, -0.2) is 0 Å². The second kappa shape index (κ2) is 3.54. The van der Waals surface area contributed by atoms with Gasteiger partial charge in [0.15, 0.2) is 0 Å². The molecule has 0 unspecified atom stereocenters. The van der Waals surface area contributed by atoms with Crippen LogP contribution in [0.3, 0.4) is 0 Å². The smallest absolute Gasteiger partial charge is 0.0208 e. The van der Waals surface area contributed by atoms with Gasteiger partial charge in [0.05, 0.1) is 0 Å². The maximum Gasteiger partial charge on any atom is 0.0208 e. The van der Waals surface area contributed by atoms with Crippen molar-refractivity contribution < 1.29 is 0 Å². The monoisotopic (exact) mass is 149 g/mol. The van der Waals surface area contributed by atoms with Crippen LogP contribution in [-0.2, 0) is 0 Å². The molecular weight excluding hydrogens is 134 g/mol. The van der Waals surface area contributed by atoms with Gasteiger partial charge in [0.25, 0.3) is 0 Å². The van der Waals surface area contributed by atoms with Gasteiger partial charge in [0, 0.05) is 13.1 Å². The summed E-state index contributed by atoms with van der Waals surface area (Å²) in [6.07, 6.45) is 4.08. The molecule has 0 aliphatic carbocycles. The Morgan fingerprint density at radius 3 is 2.73 bits per heavy atom. The van der Waals surface area contributed by atoms with Gasteiger partial charge in [-0.15, -0.1) is 0 Å². The van der Waals surface area contributed by atoms with Crippen LogP contribution >= 0.6 is 0 Å². The minimum absolute atomic E-state index is 1.01. The lowest BCUT2D eigenvalue weighted by molar-refractivity contribution is 0.868. The van der Waals surface area contributed by atoms with E-state index in [0.717, 1.165) is 13.1 Å². The van der Waals surface area contributed by atoms with Gasteiger partial charge in [-0.3, -0.25) is 0 Å². The highest BCUT2D eigenvalue weighted by Crippen LogP contribution is 2.12. The van der Waals surface area contributed by atoms with E-state index < -0.39 is 0 Å². The fraction of sp³-hybridized carbons (Fsp3) is 0.400. The van der Waals surface area contributed by atoms with Gasteiger partial charge in [-0.2, -0.15) is 0 Å². The number of nitrogens with one attached hydrogen (secondary N) is 1. The Morgan fingerprint density at radius 2 is 2.27 bits per heavy atom. The normalized spacial score (nSPS) is 19.3. The summed E-state index contributed by atoms with van der Waals surface area (Å²) >= 11 is 0. The van der Waals surface area contributed by atoms with Crippen LogP contribution in [0.5, 0.6) is 0 Å². The van der Waals surface area contributed by atoms with E-state index in [-0.39, 0.29) is 0 Å². The van der Waals surface area contributed by atoms with E-state index in [1.165, 1.54) is 16.7 Å². The van der Waals surface area contributed by atoms with Crippen LogP contribution in [0.2, 0.25) is 0 Å². The molecule has 0 aromatic rings. The maximum atomic E-state index is 3.72. The van der Waals surface area contributed by atoms with Crippen LogP contribution in [-0.4, -0.2) is 13.1 Å². The van der Waals surface area contributed by atoms with Crippen LogP contribution in [0.15, 0.2) is 35.5 Å². The summed E-state index contributed by atoms with van der Waals surface area (Å²) in [5.41, 5.74) is 4.11. The molecular formula is C10H15N. The molecule has 1 nitrogen and oxygen atoms in total. The van der Waals surface area contributed by atoms with Gasteiger partial charge < -0.3 is 5.32 Å². The number of allylic oxidation sites excluding steroid dienone is 2. The third-order valence-electron chi connectivity index (χ3n) is 1.98. The lowest BCUT2D eigenvalue weighted by Gasteiger charge is -1.95. The summed E-state index contributed by atoms with van der Waals surface area (Å²) in [5.74, 6) is 0. The highest BCUT2D eigenvalue weighted by molar-refractivity contribution is 5.35. The van der Waals surface area contributed by atoms with E-state index in [0.29, 0.717) is 0 Å². The molecule has 0 spiro atoms. The minimum atomic E-state index is 1.01. The van der Waals surface area contributed by atoms with Crippen molar-refractivity contribution in [1.29, 1.82) is 0 Å². The van der Waals surface area contributed by atoms with Crippen LogP contribution in [0, 0.1) is 0 Å². The van der Waals surface area contributed by atoms with Crippen molar-refractivity contribution in [3.63, 3.8) is 0 Å². The van der Waals surface area contributed by atoms with Gasteiger partial charge in [0.2, 0.25) is 0 Å². The zero-order valence-electron chi connectivity index (χ0n) is 7.28. The first-order valence-electron chi connectivity index (χ1n) is 3.94. The molecule has 1 heteroatoms. The molecule has 0 radical (unpaired) electrons. The van der Waals surface area contributed by atoms with Crippen molar-refractivity contribution in [3.8, 4) is 0 Å². The summed E-state index contributed by atoms with van der Waals surface area (Å²) in [7, 11) is 0. The highest BCUT2D eigenvalue weighted by atomic mass is 14.9. The fourth-order valence-electron chi connectivity index (χ4n) is 1.16. The maximum absolute atomic E-state index is 3.72. The molecule has 0 saturated carbocycles. The van der Waals surface area contributed by atoms with Crippen LogP contribution in [0.25, 0.3) is 0 Å². The van der Waals surface area contributed by atoms with Gasteiger partial charge in [0.1, 0.15) is 0 Å². The molecule has 0 fully saturated rings. The zero-order valence-corrected chi connectivity index (χ0v) is 7.28. The number of rotatable bonds is 2. The van der Waals surface area contributed by atoms with Crippen LogP contribution in [0.1, 0.15) is 13.8 Å². The van der Waals surface area contributed by atoms with Crippen molar-refractivity contribution in [1.82, 2.24) is 5.32 Å². The van der Waals surface area contributed by atoms with E-state index >= 15 is 0 Å². The molecule has 0 amide bonds. The van der Waals surface area contributed by atoms with Crippen molar-refractivity contribution in [2.24, 2.45) is 0 Å². The molecule has 0 saturated heterocycles. The molecule has 0 bridgehead atoms. The van der Waals surface area contributed by atoms with Crippen molar-refractivity contribution >= 4 is 0 Å². The summed E-state index contributed by atoms with van der Waals surface area (Å²) in [6.45, 7) is 10.0. The van der Waals surface area contributed by atoms with Gasteiger partial charge in [-0.1, -0.05) is 29.9 Å². The number of hydrogen-bond acceptors (Lipinski definition) is 1. The van der Waals surface area contributed by atoms with Crippen molar-refractivity contribution in [3.05, 3.63) is 35.5 Å². The second-order valence-corrected chi connectivity index (χ2v) is 3.00. The van der Waals surface area contributed by atoms with E-state index in [9.17, 15) is 0 Å². The minimum Gasteiger partial charge on any atom is -0.309 e. The molecule has 1 rings (SSSR count). The largest absolute Gasteiger partial charge is 0.309 e. The molecule has 1 N–H and O–H groups in total. The zero-order chi connectivity index (χ0) is 8.27. The molecule has 1 aliphatic heterocycles. The van der Waals surface area contributed by atoms with Crippen LogP contribution < -0.4 is 5.32 Å². The van der Waals surface area contributed by atoms with E-state index in [2.05, 4.69) is 31.8 Å². The third kappa shape index (κ3) is 2.05. The molecule has 60 valence electrons. The SMILES string of the molecule is C=C/C(C)=C\C1=C(C)CNC1. The first kappa shape index (κ1) is 8.28. The molecule has 0 aromatic heterocycles. The molecule has 1 heterocycles. The van der Waals surface area contributed by atoms with Gasteiger partial charge in [-0.05, 0) is 19.4 Å². The van der Waals surface area contributed by atoms with Gasteiger partial charge >= 0.3 is 0 Å². The second-order valence-electron chi connectivity index (χ2n) is 3.00. The van der Waals surface area contributed by atoms with E-state index in [4.69, 9.17) is 0 Å². The topological polar surface area (TPSA) is 12.0 Å². The average Bonchev–Trinajstić information content (AvgIpc) is 2.37.